The number of amides is 1. The van der Waals surface area contributed by atoms with Crippen LogP contribution in [0.3, 0.4) is 0 Å². The number of nitrogens with zero attached hydrogens (tertiary/aromatic N) is 3. The first-order valence-corrected chi connectivity index (χ1v) is 7.26. The first kappa shape index (κ1) is 14.1. The molecule has 0 radical (unpaired) electrons. The maximum Gasteiger partial charge on any atom is 0.433 e. The average Bonchev–Trinajstić information content (AvgIpc) is 3.15. The second-order valence-corrected chi connectivity index (χ2v) is 5.24. The summed E-state index contributed by atoms with van der Waals surface area (Å²) in [5.41, 5.74) is 0.639. The van der Waals surface area contributed by atoms with Crippen molar-refractivity contribution in [3.8, 4) is 11.6 Å². The third kappa shape index (κ3) is 2.53. The Bertz CT molecular complexity index is 870. The molecule has 0 saturated carbocycles. The number of fused-ring (bicyclic) bond motifs is 1. The summed E-state index contributed by atoms with van der Waals surface area (Å²) in [7, 11) is 0. The van der Waals surface area contributed by atoms with Crippen LogP contribution in [-0.4, -0.2) is 20.8 Å². The quantitative estimate of drug-likeness (QED) is 0.584. The first-order chi connectivity index (χ1) is 10.6. The summed E-state index contributed by atoms with van der Waals surface area (Å²) in [5.74, 6) is 0.172. The predicted molar refractivity (Wildman–Crippen MR) is 80.7 cm³/mol. The molecular formula is C13H10N4O4S. The Balaban J connectivity index is 2.09. The number of thiophene rings is 1. The van der Waals surface area contributed by atoms with Gasteiger partial charge in [0.25, 0.3) is 0 Å². The number of rotatable bonds is 4. The van der Waals surface area contributed by atoms with E-state index in [2.05, 4.69) is 15.3 Å². The third-order valence-electron chi connectivity index (χ3n) is 2.87. The summed E-state index contributed by atoms with van der Waals surface area (Å²) >= 11 is 1.40. The minimum absolute atomic E-state index is 0.173. The van der Waals surface area contributed by atoms with Crippen molar-refractivity contribution in [1.82, 2.24) is 9.97 Å². The number of aromatic nitrogens is 2. The van der Waals surface area contributed by atoms with E-state index in [9.17, 15) is 14.9 Å². The maximum atomic E-state index is 11.6. The summed E-state index contributed by atoms with van der Waals surface area (Å²) < 4.78 is 5.85. The van der Waals surface area contributed by atoms with Crippen molar-refractivity contribution in [3.05, 3.63) is 33.7 Å². The molecule has 0 atom stereocenters. The van der Waals surface area contributed by atoms with Crippen LogP contribution in [-0.2, 0) is 4.79 Å². The van der Waals surface area contributed by atoms with Gasteiger partial charge in [0.05, 0.1) is 16.3 Å². The molecule has 112 valence electrons. The average molecular weight is 318 g/mol. The molecule has 22 heavy (non-hydrogen) atoms. The largest absolute Gasteiger partial charge is 0.433 e. The van der Waals surface area contributed by atoms with Crippen LogP contribution < -0.4 is 5.32 Å². The Morgan fingerprint density at radius 2 is 2.23 bits per heavy atom. The van der Waals surface area contributed by atoms with Gasteiger partial charge in [-0.2, -0.15) is 0 Å². The van der Waals surface area contributed by atoms with Crippen LogP contribution in [0.15, 0.2) is 28.0 Å². The van der Waals surface area contributed by atoms with Gasteiger partial charge in [-0.15, -0.1) is 11.3 Å². The van der Waals surface area contributed by atoms with Gasteiger partial charge in [-0.25, -0.2) is 9.97 Å². The zero-order valence-electron chi connectivity index (χ0n) is 11.4. The summed E-state index contributed by atoms with van der Waals surface area (Å²) in [5, 5.41) is 15.2. The number of carbonyl (C=O) groups excluding carboxylic acids is 1. The Labute approximate surface area is 128 Å². The van der Waals surface area contributed by atoms with E-state index in [0.717, 1.165) is 4.70 Å². The van der Waals surface area contributed by atoms with Crippen molar-refractivity contribution in [1.29, 1.82) is 0 Å². The normalized spacial score (nSPS) is 10.8. The van der Waals surface area contributed by atoms with E-state index < -0.39 is 4.92 Å². The molecule has 0 aliphatic rings. The highest BCUT2D eigenvalue weighted by Gasteiger charge is 2.18. The first-order valence-electron chi connectivity index (χ1n) is 6.38. The van der Waals surface area contributed by atoms with E-state index in [-0.39, 0.29) is 23.4 Å². The van der Waals surface area contributed by atoms with Crippen LogP contribution in [0.25, 0.3) is 21.8 Å². The number of anilines is 1. The Kier molecular flexibility index (Phi) is 3.55. The van der Waals surface area contributed by atoms with Gasteiger partial charge in [-0.1, -0.05) is 6.92 Å². The molecule has 3 aromatic heterocycles. The molecule has 3 rings (SSSR count). The van der Waals surface area contributed by atoms with Crippen molar-refractivity contribution in [2.24, 2.45) is 0 Å². The van der Waals surface area contributed by atoms with E-state index in [1.54, 1.807) is 13.0 Å². The van der Waals surface area contributed by atoms with Crippen molar-refractivity contribution in [3.63, 3.8) is 0 Å². The molecule has 3 aromatic rings. The molecule has 0 spiro atoms. The molecule has 9 heteroatoms. The lowest BCUT2D eigenvalue weighted by molar-refractivity contribution is -0.401. The number of hydrogen-bond acceptors (Lipinski definition) is 7. The van der Waals surface area contributed by atoms with Crippen LogP contribution in [0.4, 0.5) is 11.7 Å². The number of nitrogens with one attached hydrogen (secondary N) is 1. The highest BCUT2D eigenvalue weighted by molar-refractivity contribution is 7.17. The minimum Gasteiger partial charge on any atom is -0.397 e. The van der Waals surface area contributed by atoms with E-state index >= 15 is 0 Å². The molecule has 0 aromatic carbocycles. The molecule has 1 amide bonds. The minimum atomic E-state index is -0.633. The van der Waals surface area contributed by atoms with Crippen LogP contribution in [0.5, 0.6) is 0 Å². The van der Waals surface area contributed by atoms with Crippen molar-refractivity contribution >= 4 is 39.2 Å². The topological polar surface area (TPSA) is 111 Å². The Morgan fingerprint density at radius 3 is 2.91 bits per heavy atom. The summed E-state index contributed by atoms with van der Waals surface area (Å²) in [6.07, 6.45) is 0.318. The van der Waals surface area contributed by atoms with Gasteiger partial charge in [-0.3, -0.25) is 14.9 Å². The highest BCUT2D eigenvalue weighted by atomic mass is 32.1. The van der Waals surface area contributed by atoms with E-state index in [1.165, 1.54) is 23.5 Å². The van der Waals surface area contributed by atoms with E-state index in [1.807, 2.05) is 5.38 Å². The number of carbonyl (C=O) groups is 1. The molecule has 0 unspecified atom stereocenters. The smallest absolute Gasteiger partial charge is 0.397 e. The van der Waals surface area contributed by atoms with Crippen LogP contribution in [0.2, 0.25) is 0 Å². The lowest BCUT2D eigenvalue weighted by Crippen LogP contribution is -2.11. The zero-order valence-corrected chi connectivity index (χ0v) is 12.2. The maximum absolute atomic E-state index is 11.6. The monoisotopic (exact) mass is 318 g/mol. The van der Waals surface area contributed by atoms with Gasteiger partial charge in [-0.05, 0) is 17.5 Å². The molecular weight excluding hydrogens is 308 g/mol. The molecule has 0 aliphatic heterocycles. The highest BCUT2D eigenvalue weighted by Crippen LogP contribution is 2.30. The van der Waals surface area contributed by atoms with Crippen LogP contribution >= 0.6 is 11.3 Å². The molecule has 0 saturated heterocycles. The second kappa shape index (κ2) is 5.53. The fourth-order valence-electron chi connectivity index (χ4n) is 1.82. The SMILES string of the molecule is CCC(=O)Nc1nc(-c2ccc([N+](=O)[O-])o2)nc2ccsc12. The van der Waals surface area contributed by atoms with Crippen molar-refractivity contribution in [2.45, 2.75) is 13.3 Å². The number of nitro groups is 1. The lowest BCUT2D eigenvalue weighted by atomic mass is 10.3. The molecule has 0 aliphatic carbocycles. The van der Waals surface area contributed by atoms with Crippen molar-refractivity contribution < 1.29 is 14.1 Å². The fraction of sp³-hybridized carbons (Fsp3) is 0.154. The fourth-order valence-corrected chi connectivity index (χ4v) is 2.60. The molecule has 0 bridgehead atoms. The molecule has 0 fully saturated rings. The molecule has 3 heterocycles. The Morgan fingerprint density at radius 1 is 1.41 bits per heavy atom. The van der Waals surface area contributed by atoms with Crippen LogP contribution in [0.1, 0.15) is 13.3 Å². The van der Waals surface area contributed by atoms with Gasteiger partial charge in [0.15, 0.2) is 17.4 Å². The molecule has 8 nitrogen and oxygen atoms in total. The Hall–Kier alpha value is -2.81. The van der Waals surface area contributed by atoms with E-state index in [4.69, 9.17) is 4.42 Å². The summed E-state index contributed by atoms with van der Waals surface area (Å²) in [6.45, 7) is 1.74. The van der Waals surface area contributed by atoms with E-state index in [0.29, 0.717) is 17.8 Å². The molecule has 1 N–H and O–H groups in total. The van der Waals surface area contributed by atoms with Crippen molar-refractivity contribution in [2.75, 3.05) is 5.32 Å². The number of furan rings is 1. The number of hydrogen-bond donors (Lipinski definition) is 1. The standard InChI is InChI=1S/C13H10N4O4S/c1-2-9(18)15-13-11-7(5-6-22-11)14-12(16-13)8-3-4-10(21-8)17(19)20/h3-6H,2H2,1H3,(H,14,15,16,18). The predicted octanol–water partition coefficient (Wildman–Crippen LogP) is 3.21. The summed E-state index contributed by atoms with van der Waals surface area (Å²) in [6, 6.07) is 4.45. The van der Waals surface area contributed by atoms with Gasteiger partial charge >= 0.3 is 5.88 Å². The summed E-state index contributed by atoms with van der Waals surface area (Å²) in [4.78, 5) is 30.2. The zero-order chi connectivity index (χ0) is 15.7. The van der Waals surface area contributed by atoms with Gasteiger partial charge < -0.3 is 9.73 Å². The van der Waals surface area contributed by atoms with Gasteiger partial charge in [0, 0.05) is 6.42 Å². The third-order valence-corrected chi connectivity index (χ3v) is 3.79. The van der Waals surface area contributed by atoms with Gasteiger partial charge in [0.1, 0.15) is 4.92 Å². The lowest BCUT2D eigenvalue weighted by Gasteiger charge is -2.05. The van der Waals surface area contributed by atoms with Gasteiger partial charge in [0.2, 0.25) is 5.91 Å². The second-order valence-electron chi connectivity index (χ2n) is 4.33. The van der Waals surface area contributed by atoms with Crippen LogP contribution in [0, 0.1) is 10.1 Å².